The van der Waals surface area contributed by atoms with E-state index >= 15 is 0 Å². The predicted molar refractivity (Wildman–Crippen MR) is 188 cm³/mol. The molecule has 0 N–H and O–H groups in total. The van der Waals surface area contributed by atoms with Gasteiger partial charge >= 0.3 is 0 Å². The molecule has 3 aromatic heterocycles. The Morgan fingerprint density at radius 3 is 2.47 bits per heavy atom. The summed E-state index contributed by atoms with van der Waals surface area (Å²) < 4.78 is 21.0. The topological polar surface area (TPSA) is 92.8 Å². The highest BCUT2D eigenvalue weighted by Crippen LogP contribution is 2.30. The summed E-state index contributed by atoms with van der Waals surface area (Å²) in [5, 5.41) is 9.43. The van der Waals surface area contributed by atoms with Gasteiger partial charge in [-0.1, -0.05) is 62.4 Å². The Morgan fingerprint density at radius 1 is 0.936 bits per heavy atom. The lowest BCUT2D eigenvalue weighted by atomic mass is 10.0. The molecule has 3 heterocycles. The molecule has 0 aliphatic rings. The van der Waals surface area contributed by atoms with E-state index in [1.54, 1.807) is 13.2 Å². The van der Waals surface area contributed by atoms with Crippen LogP contribution in [0.1, 0.15) is 49.7 Å². The average Bonchev–Trinajstić information content (AvgIpc) is 3.77. The van der Waals surface area contributed by atoms with Crippen molar-refractivity contribution in [3.63, 3.8) is 0 Å². The number of methoxy groups -OCH3 is 1. The number of fused-ring (bicyclic) bond motifs is 1. The summed E-state index contributed by atoms with van der Waals surface area (Å²) in [6.45, 7) is 9.62. The largest absolute Gasteiger partial charge is 0.493 e. The molecule has 0 saturated heterocycles. The highest BCUT2D eigenvalue weighted by atomic mass is 32.1. The highest BCUT2D eigenvalue weighted by Gasteiger charge is 2.15. The second-order valence-corrected chi connectivity index (χ2v) is 12.6. The summed E-state index contributed by atoms with van der Waals surface area (Å²) in [6.07, 6.45) is 8.39. The minimum atomic E-state index is -0.233. The van der Waals surface area contributed by atoms with Crippen LogP contribution in [-0.2, 0) is 0 Å². The first-order valence-corrected chi connectivity index (χ1v) is 16.4. The van der Waals surface area contributed by atoms with Gasteiger partial charge in [0.25, 0.3) is 5.56 Å². The molecule has 0 unspecified atom stereocenters. The van der Waals surface area contributed by atoms with Crippen LogP contribution in [-0.4, -0.2) is 44.7 Å². The van der Waals surface area contributed by atoms with E-state index < -0.39 is 0 Å². The van der Waals surface area contributed by atoms with Crippen LogP contribution < -0.4 is 24.3 Å². The van der Waals surface area contributed by atoms with Gasteiger partial charge in [0.15, 0.2) is 17.3 Å². The minimum Gasteiger partial charge on any atom is -0.493 e. The summed E-state index contributed by atoms with van der Waals surface area (Å²) in [6, 6.07) is 21.7. The molecule has 9 nitrogen and oxygen atoms in total. The quantitative estimate of drug-likeness (QED) is 0.143. The molecular formula is C37H37N5O4S. The number of thiazole rings is 1. The number of rotatable bonds is 12. The maximum atomic E-state index is 13.5. The molecule has 0 saturated carbocycles. The number of aryl methyl sites for hydroxylation is 1. The molecule has 0 spiro atoms. The summed E-state index contributed by atoms with van der Waals surface area (Å²) in [4.78, 5) is 18.6. The van der Waals surface area contributed by atoms with Gasteiger partial charge in [-0.2, -0.15) is 14.6 Å². The molecular weight excluding hydrogens is 611 g/mol. The van der Waals surface area contributed by atoms with Gasteiger partial charge in [-0.25, -0.2) is 4.68 Å². The number of nitrogens with zero attached hydrogens (tertiary/aromatic N) is 5. The second kappa shape index (κ2) is 14.0. The van der Waals surface area contributed by atoms with Crippen LogP contribution in [0.25, 0.3) is 40.1 Å². The zero-order valence-electron chi connectivity index (χ0n) is 27.1. The summed E-state index contributed by atoms with van der Waals surface area (Å²) >= 11 is 1.29. The summed E-state index contributed by atoms with van der Waals surface area (Å²) in [7, 11) is 1.62. The molecule has 0 aliphatic heterocycles. The SMILES string of the molecule is CCCOc1ccc(/C=C/c2nc3s/c(=C\c4cn(-c5ccccc5)nc4-c4ccc(OCC(C)C)c(C)c4)c(=O)n3n2)cc1OC. The van der Waals surface area contributed by atoms with E-state index in [1.165, 1.54) is 15.9 Å². The van der Waals surface area contributed by atoms with E-state index in [0.29, 0.717) is 45.9 Å². The van der Waals surface area contributed by atoms with E-state index in [2.05, 4.69) is 36.9 Å². The smallest absolute Gasteiger partial charge is 0.291 e. The second-order valence-electron chi connectivity index (χ2n) is 11.6. The molecule has 3 aromatic carbocycles. The van der Waals surface area contributed by atoms with Gasteiger partial charge in [-0.15, -0.1) is 5.10 Å². The zero-order valence-corrected chi connectivity index (χ0v) is 28.0. The van der Waals surface area contributed by atoms with E-state index in [4.69, 9.17) is 19.3 Å². The maximum absolute atomic E-state index is 13.5. The van der Waals surface area contributed by atoms with Crippen LogP contribution in [0.5, 0.6) is 17.2 Å². The van der Waals surface area contributed by atoms with Crippen molar-refractivity contribution in [1.82, 2.24) is 24.4 Å². The molecule has 6 aromatic rings. The Balaban J connectivity index is 1.33. The first-order chi connectivity index (χ1) is 22.8. The standard InChI is InChI=1S/C37H37N5O4S/c1-6-18-45-31-15-12-26(20-32(31)44-5)13-17-34-38-37-42(39-34)36(43)33(47-37)21-28-22-41(29-10-8-7-9-11-29)40-35(28)27-14-16-30(25(4)19-27)46-23-24(2)3/h7-17,19-22,24H,6,18,23H2,1-5H3/b17-13+,33-21-. The van der Waals surface area contributed by atoms with Crippen molar-refractivity contribution in [1.29, 1.82) is 0 Å². The fourth-order valence-corrected chi connectivity index (χ4v) is 5.90. The zero-order chi connectivity index (χ0) is 32.9. The fourth-order valence-electron chi connectivity index (χ4n) is 5.00. The first-order valence-electron chi connectivity index (χ1n) is 15.6. The van der Waals surface area contributed by atoms with Crippen molar-refractivity contribution in [3.8, 4) is 34.2 Å². The van der Waals surface area contributed by atoms with Gasteiger partial charge in [0, 0.05) is 17.3 Å². The Bertz CT molecular complexity index is 2150. The third-order valence-corrected chi connectivity index (χ3v) is 8.30. The van der Waals surface area contributed by atoms with Gasteiger partial charge < -0.3 is 14.2 Å². The molecule has 240 valence electrons. The van der Waals surface area contributed by atoms with Crippen molar-refractivity contribution >= 4 is 34.5 Å². The molecule has 0 aliphatic carbocycles. The summed E-state index contributed by atoms with van der Waals surface area (Å²) in [5.41, 5.74) is 5.11. The van der Waals surface area contributed by atoms with Crippen LogP contribution in [0.3, 0.4) is 0 Å². The van der Waals surface area contributed by atoms with E-state index in [1.807, 2.05) is 90.6 Å². The maximum Gasteiger partial charge on any atom is 0.291 e. The predicted octanol–water partition coefficient (Wildman–Crippen LogP) is 6.86. The van der Waals surface area contributed by atoms with Crippen molar-refractivity contribution in [2.45, 2.75) is 34.1 Å². The number of hydrogen-bond acceptors (Lipinski definition) is 8. The number of para-hydroxylation sites is 1. The Labute approximate surface area is 277 Å². The molecule has 0 atom stereocenters. The Hall–Kier alpha value is -5.22. The number of ether oxygens (including phenoxy) is 3. The molecule has 0 bridgehead atoms. The Morgan fingerprint density at radius 2 is 1.74 bits per heavy atom. The average molecular weight is 648 g/mol. The number of aromatic nitrogens is 5. The lowest BCUT2D eigenvalue weighted by Gasteiger charge is -2.12. The molecule has 47 heavy (non-hydrogen) atoms. The molecule has 0 fully saturated rings. The van der Waals surface area contributed by atoms with Crippen LogP contribution in [0.2, 0.25) is 0 Å². The monoisotopic (exact) mass is 647 g/mol. The normalized spacial score (nSPS) is 12.1. The molecule has 0 radical (unpaired) electrons. The van der Waals surface area contributed by atoms with Crippen LogP contribution >= 0.6 is 11.3 Å². The van der Waals surface area contributed by atoms with Gasteiger partial charge in [-0.05, 0) is 85.0 Å². The third kappa shape index (κ3) is 7.12. The summed E-state index contributed by atoms with van der Waals surface area (Å²) in [5.74, 6) is 3.08. The van der Waals surface area contributed by atoms with Crippen LogP contribution in [0.15, 0.2) is 77.7 Å². The van der Waals surface area contributed by atoms with E-state index in [9.17, 15) is 4.79 Å². The van der Waals surface area contributed by atoms with Crippen molar-refractivity contribution in [3.05, 3.63) is 110 Å². The van der Waals surface area contributed by atoms with Crippen LogP contribution in [0.4, 0.5) is 0 Å². The molecule has 10 heteroatoms. The van der Waals surface area contributed by atoms with Crippen molar-refractivity contribution < 1.29 is 14.2 Å². The van der Waals surface area contributed by atoms with Crippen LogP contribution in [0, 0.1) is 12.8 Å². The molecule has 6 rings (SSSR count). The van der Waals surface area contributed by atoms with E-state index in [0.717, 1.165) is 45.8 Å². The third-order valence-electron chi connectivity index (χ3n) is 7.34. The van der Waals surface area contributed by atoms with Gasteiger partial charge in [-0.3, -0.25) is 4.79 Å². The van der Waals surface area contributed by atoms with Gasteiger partial charge in [0.2, 0.25) is 4.96 Å². The number of hydrogen-bond donors (Lipinski definition) is 0. The lowest BCUT2D eigenvalue weighted by molar-refractivity contribution is 0.269. The van der Waals surface area contributed by atoms with E-state index in [-0.39, 0.29) is 5.56 Å². The first kappa shape index (κ1) is 31.7. The van der Waals surface area contributed by atoms with Gasteiger partial charge in [0.05, 0.1) is 30.5 Å². The number of benzene rings is 3. The molecule has 0 amide bonds. The fraction of sp³-hybridized carbons (Fsp3) is 0.243. The minimum absolute atomic E-state index is 0.233. The van der Waals surface area contributed by atoms with Gasteiger partial charge in [0.1, 0.15) is 11.4 Å². The van der Waals surface area contributed by atoms with Crippen molar-refractivity contribution in [2.75, 3.05) is 20.3 Å². The lowest BCUT2D eigenvalue weighted by Crippen LogP contribution is -2.23. The highest BCUT2D eigenvalue weighted by molar-refractivity contribution is 7.15. The Kier molecular flexibility index (Phi) is 9.49. The van der Waals surface area contributed by atoms with Crippen molar-refractivity contribution in [2.24, 2.45) is 5.92 Å².